The molecule has 0 aliphatic heterocycles. The maximum absolute atomic E-state index is 15.5. The van der Waals surface area contributed by atoms with E-state index in [1.165, 1.54) is 24.7 Å². The zero-order chi connectivity index (χ0) is 26.6. The number of hydrogen-bond donors (Lipinski definition) is 1. The van der Waals surface area contributed by atoms with Crippen molar-refractivity contribution < 1.29 is 18.6 Å². The van der Waals surface area contributed by atoms with E-state index in [4.69, 9.17) is 10.00 Å². The normalized spacial score (nSPS) is 14.6. The van der Waals surface area contributed by atoms with Crippen LogP contribution in [0.15, 0.2) is 73.2 Å². The average Bonchev–Trinajstić information content (AvgIpc) is 3.69. The lowest BCUT2D eigenvalue weighted by Gasteiger charge is -2.35. The van der Waals surface area contributed by atoms with Gasteiger partial charge in [-0.05, 0) is 83.3 Å². The number of pyridine rings is 1. The van der Waals surface area contributed by atoms with E-state index in [1.807, 2.05) is 12.1 Å². The lowest BCUT2D eigenvalue weighted by molar-refractivity contribution is -0.210. The number of alkyl halides is 2. The van der Waals surface area contributed by atoms with Gasteiger partial charge in [0.2, 0.25) is 0 Å². The molecule has 1 N–H and O–H groups in total. The molecular formula is C28H22F2N6O2. The number of aliphatic hydroxyl groups is 1. The Balaban J connectivity index is 1.23. The van der Waals surface area contributed by atoms with E-state index in [1.54, 1.807) is 36.4 Å². The number of aromatic nitrogens is 5. The molecule has 38 heavy (non-hydrogen) atoms. The number of benzene rings is 2. The van der Waals surface area contributed by atoms with Gasteiger partial charge in [0.05, 0.1) is 18.2 Å². The van der Waals surface area contributed by atoms with Crippen molar-refractivity contribution in [1.82, 2.24) is 25.2 Å². The molecule has 1 aliphatic rings. The predicted molar refractivity (Wildman–Crippen MR) is 132 cm³/mol. The van der Waals surface area contributed by atoms with E-state index in [0.717, 1.165) is 15.8 Å². The summed E-state index contributed by atoms with van der Waals surface area (Å²) in [7, 11) is 0. The monoisotopic (exact) mass is 512 g/mol. The number of tetrazole rings is 1. The Morgan fingerprint density at radius 1 is 0.974 bits per heavy atom. The predicted octanol–water partition coefficient (Wildman–Crippen LogP) is 3.85. The van der Waals surface area contributed by atoms with Gasteiger partial charge in [-0.2, -0.15) is 14.0 Å². The third-order valence-electron chi connectivity index (χ3n) is 6.37. The van der Waals surface area contributed by atoms with Crippen LogP contribution < -0.4 is 4.74 Å². The van der Waals surface area contributed by atoms with E-state index >= 15 is 8.78 Å². The highest BCUT2D eigenvalue weighted by atomic mass is 19.3. The van der Waals surface area contributed by atoms with Gasteiger partial charge in [-0.3, -0.25) is 4.98 Å². The Morgan fingerprint density at radius 3 is 2.26 bits per heavy atom. The van der Waals surface area contributed by atoms with Gasteiger partial charge >= 0.3 is 5.92 Å². The summed E-state index contributed by atoms with van der Waals surface area (Å²) in [5.41, 5.74) is -0.173. The topological polar surface area (TPSA) is 110 Å². The first-order chi connectivity index (χ1) is 18.4. The fraction of sp³-hybridized carbons (Fsp3) is 0.250. The van der Waals surface area contributed by atoms with Crippen LogP contribution in [0.25, 0.3) is 0 Å². The standard InChI is InChI=1S/C28H22F2N6O2/c29-28(30,27(37,24-10-11-24)18-36-19-33-34-35-36)26-14-9-22(16-32-26)4-1-20-7-12-25(13-8-20)38-17-23-5-2-21(15-31)3-6-23/h2-3,5-9,12-14,16,19,24,37H,10-11,17-18H2. The highest BCUT2D eigenvalue weighted by Gasteiger charge is 2.62. The maximum atomic E-state index is 15.5. The molecule has 8 nitrogen and oxygen atoms in total. The lowest BCUT2D eigenvalue weighted by atomic mass is 9.87. The second-order valence-electron chi connectivity index (χ2n) is 9.08. The molecular weight excluding hydrogens is 490 g/mol. The molecule has 4 aromatic rings. The van der Waals surface area contributed by atoms with Crippen LogP contribution in [0, 0.1) is 29.1 Å². The van der Waals surface area contributed by atoms with Crippen LogP contribution in [0.4, 0.5) is 8.78 Å². The third kappa shape index (κ3) is 5.36. The summed E-state index contributed by atoms with van der Waals surface area (Å²) < 4.78 is 37.8. The maximum Gasteiger partial charge on any atom is 0.319 e. The zero-order valence-corrected chi connectivity index (χ0v) is 20.1. The molecule has 1 saturated carbocycles. The minimum Gasteiger partial charge on any atom is -0.489 e. The van der Waals surface area contributed by atoms with Crippen molar-refractivity contribution in [3.05, 3.63) is 101 Å². The molecule has 0 bridgehead atoms. The van der Waals surface area contributed by atoms with E-state index in [0.29, 0.717) is 36.3 Å². The molecule has 2 aromatic heterocycles. The third-order valence-corrected chi connectivity index (χ3v) is 6.37. The van der Waals surface area contributed by atoms with Crippen molar-refractivity contribution in [3.8, 4) is 23.7 Å². The molecule has 0 radical (unpaired) electrons. The lowest BCUT2D eigenvalue weighted by Crippen LogP contribution is -2.51. The van der Waals surface area contributed by atoms with Crippen LogP contribution in [0.3, 0.4) is 0 Å². The average molecular weight is 513 g/mol. The van der Waals surface area contributed by atoms with Crippen LogP contribution in [0.2, 0.25) is 0 Å². The van der Waals surface area contributed by atoms with Crippen molar-refractivity contribution in [2.75, 3.05) is 0 Å². The Labute approximate surface area is 217 Å². The fourth-order valence-electron chi connectivity index (χ4n) is 4.04. The van der Waals surface area contributed by atoms with Crippen LogP contribution >= 0.6 is 0 Å². The molecule has 0 spiro atoms. The molecule has 1 fully saturated rings. The van der Waals surface area contributed by atoms with Crippen LogP contribution in [0.5, 0.6) is 5.75 Å². The van der Waals surface area contributed by atoms with Gasteiger partial charge in [0.15, 0.2) is 5.60 Å². The molecule has 1 atom stereocenters. The van der Waals surface area contributed by atoms with E-state index in [9.17, 15) is 5.11 Å². The second kappa shape index (κ2) is 10.4. The summed E-state index contributed by atoms with van der Waals surface area (Å²) in [6.45, 7) is -0.0704. The molecule has 5 rings (SSSR count). The van der Waals surface area contributed by atoms with Crippen molar-refractivity contribution in [2.24, 2.45) is 5.92 Å². The fourth-order valence-corrected chi connectivity index (χ4v) is 4.04. The van der Waals surface area contributed by atoms with Crippen molar-refractivity contribution in [1.29, 1.82) is 5.26 Å². The first-order valence-corrected chi connectivity index (χ1v) is 11.9. The molecule has 2 heterocycles. The Bertz CT molecular complexity index is 1480. The Kier molecular flexibility index (Phi) is 6.82. The number of ether oxygens (including phenoxy) is 1. The highest BCUT2D eigenvalue weighted by molar-refractivity contribution is 5.44. The summed E-state index contributed by atoms with van der Waals surface area (Å²) in [6, 6.07) is 19.1. The van der Waals surface area contributed by atoms with Crippen LogP contribution in [-0.2, 0) is 19.1 Å². The number of nitrogens with zero attached hydrogens (tertiary/aromatic N) is 6. The van der Waals surface area contributed by atoms with Crippen molar-refractivity contribution >= 4 is 0 Å². The SMILES string of the molecule is N#Cc1ccc(COc2ccc(C#Cc3ccc(C(F)(F)C(O)(Cn4cnnn4)C4CC4)nc3)cc2)cc1. The second-order valence-corrected chi connectivity index (χ2v) is 9.08. The number of halogens is 2. The van der Waals surface area contributed by atoms with Crippen LogP contribution in [-0.4, -0.2) is 35.9 Å². The molecule has 190 valence electrons. The quantitative estimate of drug-likeness (QED) is 0.357. The Morgan fingerprint density at radius 2 is 1.66 bits per heavy atom. The number of rotatable bonds is 8. The zero-order valence-electron chi connectivity index (χ0n) is 20.1. The minimum absolute atomic E-state index is 0.366. The van der Waals surface area contributed by atoms with Gasteiger partial charge in [0.25, 0.3) is 0 Å². The number of nitriles is 1. The first kappa shape index (κ1) is 25.0. The molecule has 1 unspecified atom stereocenters. The van der Waals surface area contributed by atoms with Crippen molar-refractivity contribution in [2.45, 2.75) is 37.5 Å². The van der Waals surface area contributed by atoms with Gasteiger partial charge in [-0.25, -0.2) is 4.68 Å². The number of hydrogen-bond acceptors (Lipinski definition) is 7. The van der Waals surface area contributed by atoms with Crippen molar-refractivity contribution in [3.63, 3.8) is 0 Å². The van der Waals surface area contributed by atoms with E-state index in [-0.39, 0.29) is 0 Å². The molecule has 2 aromatic carbocycles. The highest BCUT2D eigenvalue weighted by Crippen LogP contribution is 2.52. The summed E-state index contributed by atoms with van der Waals surface area (Å²) >= 11 is 0. The molecule has 1 aliphatic carbocycles. The van der Waals surface area contributed by atoms with Gasteiger partial charge in [-0.15, -0.1) is 5.10 Å². The van der Waals surface area contributed by atoms with E-state index in [2.05, 4.69) is 38.4 Å². The molecule has 0 amide bonds. The van der Waals surface area contributed by atoms with E-state index < -0.39 is 29.7 Å². The van der Waals surface area contributed by atoms with Gasteiger partial charge in [-0.1, -0.05) is 24.0 Å². The first-order valence-electron chi connectivity index (χ1n) is 11.9. The largest absolute Gasteiger partial charge is 0.489 e. The summed E-state index contributed by atoms with van der Waals surface area (Å²) in [5, 5.41) is 30.4. The summed E-state index contributed by atoms with van der Waals surface area (Å²) in [5.74, 6) is 2.39. The molecule has 10 heteroatoms. The van der Waals surface area contributed by atoms with Crippen LogP contribution in [0.1, 0.15) is 40.8 Å². The minimum atomic E-state index is -3.61. The Hall–Kier alpha value is -4.67. The smallest absolute Gasteiger partial charge is 0.319 e. The van der Waals surface area contributed by atoms with Gasteiger partial charge in [0.1, 0.15) is 24.4 Å². The van der Waals surface area contributed by atoms with Gasteiger partial charge < -0.3 is 9.84 Å². The summed E-state index contributed by atoms with van der Waals surface area (Å²) in [4.78, 5) is 3.94. The molecule has 0 saturated heterocycles. The van der Waals surface area contributed by atoms with Gasteiger partial charge in [0, 0.05) is 17.3 Å². The summed E-state index contributed by atoms with van der Waals surface area (Å²) in [6.07, 6.45) is 3.47.